The van der Waals surface area contributed by atoms with Gasteiger partial charge in [-0.3, -0.25) is 19.3 Å². The van der Waals surface area contributed by atoms with Gasteiger partial charge >= 0.3 is 12.1 Å². The van der Waals surface area contributed by atoms with Gasteiger partial charge in [0.15, 0.2) is 0 Å². The second kappa shape index (κ2) is 18.8. The summed E-state index contributed by atoms with van der Waals surface area (Å²) in [5, 5.41) is 5.19. The SMILES string of the molecule is O=C(NCCC(=O)N(CCC1CCOCC1)C(=O)N(CC(=O)C(=O)NCc1ccccc1)Cc1ccccc1)OCc1ccccc1. The number of alkyl carbamates (subject to hydrolysis) is 1. The lowest BCUT2D eigenvalue weighted by atomic mass is 9.96. The molecule has 0 aliphatic carbocycles. The van der Waals surface area contributed by atoms with Crippen LogP contribution in [0.15, 0.2) is 91.0 Å². The Bertz CT molecular complexity index is 1450. The highest BCUT2D eigenvalue weighted by molar-refractivity contribution is 6.37. The van der Waals surface area contributed by atoms with Crippen LogP contribution in [0, 0.1) is 5.92 Å². The summed E-state index contributed by atoms with van der Waals surface area (Å²) in [7, 11) is 0. The molecule has 11 heteroatoms. The van der Waals surface area contributed by atoms with Crippen LogP contribution in [0.4, 0.5) is 9.59 Å². The number of ether oxygens (including phenoxy) is 2. The summed E-state index contributed by atoms with van der Waals surface area (Å²) in [4.78, 5) is 68.1. The first-order valence-corrected chi connectivity index (χ1v) is 15.9. The molecule has 248 valence electrons. The standard InChI is InChI=1S/C36H42N4O7/c41-32(34(43)38-24-29-10-4-1-5-11-29)26-39(25-30-12-6-2-7-13-30)36(45)40(21-17-28-18-22-46-23-19-28)33(42)16-20-37-35(44)47-27-31-14-8-3-9-15-31/h1-15,28H,16-27H2,(H,37,44)(H,38,43). The largest absolute Gasteiger partial charge is 0.445 e. The zero-order valence-corrected chi connectivity index (χ0v) is 26.5. The minimum absolute atomic E-state index is 0.0164. The molecule has 11 nitrogen and oxygen atoms in total. The molecule has 0 bridgehead atoms. The Labute approximate surface area is 275 Å². The van der Waals surface area contributed by atoms with Crippen molar-refractivity contribution in [3.8, 4) is 0 Å². The van der Waals surface area contributed by atoms with E-state index in [1.165, 1.54) is 4.90 Å². The Morgan fingerprint density at radius 1 is 0.766 bits per heavy atom. The molecule has 2 N–H and O–H groups in total. The first-order valence-electron chi connectivity index (χ1n) is 15.9. The van der Waals surface area contributed by atoms with Crippen LogP contribution >= 0.6 is 0 Å². The lowest BCUT2D eigenvalue weighted by Gasteiger charge is -2.31. The Balaban J connectivity index is 1.42. The summed E-state index contributed by atoms with van der Waals surface area (Å²) in [5.41, 5.74) is 2.39. The molecule has 5 amide bonds. The molecule has 0 atom stereocenters. The molecular formula is C36H42N4O7. The highest BCUT2D eigenvalue weighted by Crippen LogP contribution is 2.20. The number of ketones is 1. The van der Waals surface area contributed by atoms with Crippen molar-refractivity contribution >= 4 is 29.7 Å². The van der Waals surface area contributed by atoms with Crippen molar-refractivity contribution in [2.24, 2.45) is 5.92 Å². The van der Waals surface area contributed by atoms with Crippen LogP contribution in [0.5, 0.6) is 0 Å². The van der Waals surface area contributed by atoms with Gasteiger partial charge in [0.1, 0.15) is 6.61 Å². The lowest BCUT2D eigenvalue weighted by Crippen LogP contribution is -2.50. The van der Waals surface area contributed by atoms with Crippen molar-refractivity contribution in [3.63, 3.8) is 0 Å². The number of hydrogen-bond donors (Lipinski definition) is 2. The highest BCUT2D eigenvalue weighted by atomic mass is 16.5. The second-order valence-corrected chi connectivity index (χ2v) is 11.3. The zero-order valence-electron chi connectivity index (χ0n) is 26.5. The third-order valence-corrected chi connectivity index (χ3v) is 7.83. The number of carbonyl (C=O) groups is 5. The molecule has 0 spiro atoms. The van der Waals surface area contributed by atoms with Crippen LogP contribution in [0.3, 0.4) is 0 Å². The number of Topliss-reactive ketones (excluding diaryl/α,β-unsaturated/α-hetero) is 1. The molecule has 0 unspecified atom stereocenters. The average molecular weight is 643 g/mol. The average Bonchev–Trinajstić information content (AvgIpc) is 3.11. The highest BCUT2D eigenvalue weighted by Gasteiger charge is 2.30. The summed E-state index contributed by atoms with van der Waals surface area (Å²) in [6.45, 7) is 1.06. The van der Waals surface area contributed by atoms with Gasteiger partial charge in [-0.1, -0.05) is 91.0 Å². The van der Waals surface area contributed by atoms with E-state index < -0.39 is 36.3 Å². The molecule has 1 fully saturated rings. The molecule has 1 saturated heterocycles. The number of benzene rings is 3. The number of imide groups is 1. The Morgan fingerprint density at radius 2 is 1.36 bits per heavy atom. The van der Waals surface area contributed by atoms with E-state index in [1.54, 1.807) is 12.1 Å². The van der Waals surface area contributed by atoms with Crippen molar-refractivity contribution in [2.75, 3.05) is 32.8 Å². The van der Waals surface area contributed by atoms with Gasteiger partial charge in [-0.2, -0.15) is 0 Å². The zero-order chi connectivity index (χ0) is 33.3. The molecule has 1 aliphatic rings. The summed E-state index contributed by atoms with van der Waals surface area (Å²) in [5.74, 6) is -1.86. The van der Waals surface area contributed by atoms with Gasteiger partial charge < -0.3 is 25.0 Å². The van der Waals surface area contributed by atoms with E-state index >= 15 is 0 Å². The van der Waals surface area contributed by atoms with Gasteiger partial charge in [0, 0.05) is 45.8 Å². The molecule has 0 radical (unpaired) electrons. The predicted molar refractivity (Wildman–Crippen MR) is 175 cm³/mol. The first-order chi connectivity index (χ1) is 22.9. The molecule has 47 heavy (non-hydrogen) atoms. The third kappa shape index (κ3) is 12.0. The quantitative estimate of drug-likeness (QED) is 0.234. The Morgan fingerprint density at radius 3 is 2.00 bits per heavy atom. The molecular weight excluding hydrogens is 600 g/mol. The third-order valence-electron chi connectivity index (χ3n) is 7.83. The smallest absolute Gasteiger partial charge is 0.407 e. The molecule has 1 heterocycles. The second-order valence-electron chi connectivity index (χ2n) is 11.3. The maximum atomic E-state index is 14.1. The molecule has 3 aromatic rings. The van der Waals surface area contributed by atoms with Crippen LogP contribution in [0.25, 0.3) is 0 Å². The van der Waals surface area contributed by atoms with Gasteiger partial charge in [0.2, 0.25) is 11.7 Å². The minimum Gasteiger partial charge on any atom is -0.445 e. The fourth-order valence-corrected chi connectivity index (χ4v) is 5.14. The van der Waals surface area contributed by atoms with Crippen LogP contribution in [-0.2, 0) is 43.6 Å². The van der Waals surface area contributed by atoms with Crippen LogP contribution in [-0.4, -0.2) is 72.4 Å². The van der Waals surface area contributed by atoms with Gasteiger partial charge in [-0.25, -0.2) is 9.59 Å². The number of nitrogens with zero attached hydrogens (tertiary/aromatic N) is 2. The number of amides is 5. The van der Waals surface area contributed by atoms with Crippen molar-refractivity contribution in [1.82, 2.24) is 20.4 Å². The summed E-state index contributed by atoms with van der Waals surface area (Å²) >= 11 is 0. The van der Waals surface area contributed by atoms with Crippen molar-refractivity contribution in [2.45, 2.75) is 45.4 Å². The summed E-state index contributed by atoms with van der Waals surface area (Å²) in [6, 6.07) is 26.8. The number of hydrogen-bond acceptors (Lipinski definition) is 7. The molecule has 0 aromatic heterocycles. The summed E-state index contributed by atoms with van der Waals surface area (Å²) < 4.78 is 10.7. The van der Waals surface area contributed by atoms with Gasteiger partial charge in [-0.15, -0.1) is 0 Å². The van der Waals surface area contributed by atoms with Gasteiger partial charge in [0.05, 0.1) is 6.54 Å². The van der Waals surface area contributed by atoms with E-state index in [4.69, 9.17) is 9.47 Å². The van der Waals surface area contributed by atoms with Crippen LogP contribution in [0.1, 0.15) is 42.4 Å². The van der Waals surface area contributed by atoms with Crippen LogP contribution < -0.4 is 10.6 Å². The Hall–Kier alpha value is -5.03. The van der Waals surface area contributed by atoms with Gasteiger partial charge in [0.25, 0.3) is 5.91 Å². The number of nitrogens with one attached hydrogen (secondary N) is 2. The number of rotatable bonds is 15. The van der Waals surface area contributed by atoms with Crippen LogP contribution in [0.2, 0.25) is 0 Å². The van der Waals surface area contributed by atoms with E-state index in [0.29, 0.717) is 19.6 Å². The topological polar surface area (TPSA) is 134 Å². The molecule has 4 rings (SSSR count). The normalized spacial score (nSPS) is 12.9. The predicted octanol–water partition coefficient (Wildman–Crippen LogP) is 4.46. The van der Waals surface area contributed by atoms with E-state index in [-0.39, 0.29) is 45.1 Å². The monoisotopic (exact) mass is 642 g/mol. The van der Waals surface area contributed by atoms with E-state index in [1.807, 2.05) is 78.9 Å². The van der Waals surface area contributed by atoms with Crippen molar-refractivity contribution in [3.05, 3.63) is 108 Å². The fourth-order valence-electron chi connectivity index (χ4n) is 5.14. The fraction of sp³-hybridized carbons (Fsp3) is 0.361. The number of carbonyl (C=O) groups excluding carboxylic acids is 5. The van der Waals surface area contributed by atoms with E-state index in [9.17, 15) is 24.0 Å². The maximum absolute atomic E-state index is 14.1. The maximum Gasteiger partial charge on any atom is 0.407 e. The van der Waals surface area contributed by atoms with Crippen molar-refractivity contribution < 1.29 is 33.4 Å². The van der Waals surface area contributed by atoms with Gasteiger partial charge in [-0.05, 0) is 41.9 Å². The van der Waals surface area contributed by atoms with E-state index in [0.717, 1.165) is 34.4 Å². The summed E-state index contributed by atoms with van der Waals surface area (Å²) in [6.07, 6.45) is 1.36. The number of urea groups is 1. The Kier molecular flexibility index (Phi) is 14.0. The first kappa shape index (κ1) is 34.8. The van der Waals surface area contributed by atoms with E-state index in [2.05, 4.69) is 10.6 Å². The molecule has 0 saturated carbocycles. The minimum atomic E-state index is -0.821. The molecule has 3 aromatic carbocycles. The van der Waals surface area contributed by atoms with Crippen molar-refractivity contribution in [1.29, 1.82) is 0 Å². The lowest BCUT2D eigenvalue weighted by molar-refractivity contribution is -0.138. The molecule has 1 aliphatic heterocycles.